The Morgan fingerprint density at radius 1 is 1.05 bits per heavy atom. The molecule has 1 aromatic heterocycles. The van der Waals surface area contributed by atoms with Gasteiger partial charge in [0.25, 0.3) is 0 Å². The standard InChI is InChI=1S/C18H23NO/c1-13(2)15-11-16(12-15)19-18(17-9-6-10-20-17)14-7-4-3-5-8-14/h3-10,13,15-16,18-19H,11-12H2,1-2H3. The topological polar surface area (TPSA) is 25.2 Å². The van der Waals surface area contributed by atoms with Crippen LogP contribution in [0.4, 0.5) is 0 Å². The van der Waals surface area contributed by atoms with Crippen molar-refractivity contribution in [2.75, 3.05) is 0 Å². The van der Waals surface area contributed by atoms with Gasteiger partial charge in [-0.1, -0.05) is 44.2 Å². The molecule has 1 fully saturated rings. The van der Waals surface area contributed by atoms with E-state index in [-0.39, 0.29) is 6.04 Å². The smallest absolute Gasteiger partial charge is 0.125 e. The minimum Gasteiger partial charge on any atom is -0.467 e. The van der Waals surface area contributed by atoms with Crippen molar-refractivity contribution < 1.29 is 4.42 Å². The lowest BCUT2D eigenvalue weighted by Gasteiger charge is -2.40. The van der Waals surface area contributed by atoms with E-state index >= 15 is 0 Å². The minimum absolute atomic E-state index is 0.171. The molecule has 2 aromatic rings. The highest BCUT2D eigenvalue weighted by Gasteiger charge is 2.33. The monoisotopic (exact) mass is 269 g/mol. The Kier molecular flexibility index (Phi) is 3.93. The molecule has 1 aliphatic carbocycles. The maximum Gasteiger partial charge on any atom is 0.125 e. The molecule has 1 aromatic carbocycles. The summed E-state index contributed by atoms with van der Waals surface area (Å²) >= 11 is 0. The highest BCUT2D eigenvalue weighted by molar-refractivity contribution is 5.26. The summed E-state index contributed by atoms with van der Waals surface area (Å²) in [5.74, 6) is 2.68. The van der Waals surface area contributed by atoms with E-state index in [9.17, 15) is 0 Å². The third kappa shape index (κ3) is 2.80. The first-order valence-corrected chi connectivity index (χ1v) is 7.58. The lowest BCUT2D eigenvalue weighted by atomic mass is 9.73. The van der Waals surface area contributed by atoms with Gasteiger partial charge in [-0.25, -0.2) is 0 Å². The molecule has 0 radical (unpaired) electrons. The Morgan fingerprint density at radius 3 is 2.40 bits per heavy atom. The van der Waals surface area contributed by atoms with E-state index in [0.717, 1.165) is 17.6 Å². The number of hydrogen-bond acceptors (Lipinski definition) is 2. The molecule has 1 heterocycles. The van der Waals surface area contributed by atoms with Gasteiger partial charge in [0, 0.05) is 6.04 Å². The molecule has 1 atom stereocenters. The molecular weight excluding hydrogens is 246 g/mol. The second-order valence-corrected chi connectivity index (χ2v) is 6.20. The third-order valence-electron chi connectivity index (χ3n) is 4.48. The van der Waals surface area contributed by atoms with Crippen molar-refractivity contribution >= 4 is 0 Å². The summed E-state index contributed by atoms with van der Waals surface area (Å²) in [5, 5.41) is 3.76. The average Bonchev–Trinajstić information content (AvgIpc) is 2.91. The van der Waals surface area contributed by atoms with Crippen LogP contribution in [-0.4, -0.2) is 6.04 Å². The highest BCUT2D eigenvalue weighted by Crippen LogP contribution is 2.36. The molecule has 0 aliphatic heterocycles. The van der Waals surface area contributed by atoms with Crippen LogP contribution >= 0.6 is 0 Å². The van der Waals surface area contributed by atoms with Crippen LogP contribution in [0.5, 0.6) is 0 Å². The quantitative estimate of drug-likeness (QED) is 0.870. The van der Waals surface area contributed by atoms with E-state index in [1.807, 2.05) is 6.07 Å². The average molecular weight is 269 g/mol. The fraction of sp³-hybridized carbons (Fsp3) is 0.444. The molecule has 1 N–H and O–H groups in total. The zero-order valence-corrected chi connectivity index (χ0v) is 12.3. The van der Waals surface area contributed by atoms with Crippen molar-refractivity contribution in [1.29, 1.82) is 0 Å². The highest BCUT2D eigenvalue weighted by atomic mass is 16.3. The summed E-state index contributed by atoms with van der Waals surface area (Å²) in [6.07, 6.45) is 4.31. The Hall–Kier alpha value is -1.54. The fourth-order valence-corrected chi connectivity index (χ4v) is 3.02. The second kappa shape index (κ2) is 5.84. The van der Waals surface area contributed by atoms with Crippen molar-refractivity contribution in [3.8, 4) is 0 Å². The van der Waals surface area contributed by atoms with Gasteiger partial charge in [0.05, 0.1) is 12.3 Å². The Bertz CT molecular complexity index is 512. The molecule has 0 spiro atoms. The van der Waals surface area contributed by atoms with Crippen LogP contribution < -0.4 is 5.32 Å². The van der Waals surface area contributed by atoms with Crippen LogP contribution in [0.25, 0.3) is 0 Å². The second-order valence-electron chi connectivity index (χ2n) is 6.20. The molecule has 1 unspecified atom stereocenters. The molecule has 1 aliphatic rings. The summed E-state index contributed by atoms with van der Waals surface area (Å²) < 4.78 is 5.63. The third-order valence-corrected chi connectivity index (χ3v) is 4.48. The zero-order valence-electron chi connectivity index (χ0n) is 12.3. The predicted octanol–water partition coefficient (Wildman–Crippen LogP) is 4.39. The first-order chi connectivity index (χ1) is 9.74. The number of nitrogens with one attached hydrogen (secondary N) is 1. The first-order valence-electron chi connectivity index (χ1n) is 7.58. The molecule has 0 saturated heterocycles. The lowest BCUT2D eigenvalue weighted by Crippen LogP contribution is -2.44. The van der Waals surface area contributed by atoms with Gasteiger partial charge in [-0.3, -0.25) is 0 Å². The predicted molar refractivity (Wildman–Crippen MR) is 81.5 cm³/mol. The molecule has 2 nitrogen and oxygen atoms in total. The number of rotatable bonds is 5. The molecular formula is C18H23NO. The summed E-state index contributed by atoms with van der Waals surface area (Å²) in [6.45, 7) is 4.64. The number of furan rings is 1. The van der Waals surface area contributed by atoms with Crippen LogP contribution in [0.3, 0.4) is 0 Å². The summed E-state index contributed by atoms with van der Waals surface area (Å²) in [7, 11) is 0. The van der Waals surface area contributed by atoms with Crippen molar-refractivity contribution in [3.63, 3.8) is 0 Å². The maximum atomic E-state index is 5.63. The normalized spacial score (nSPS) is 23.6. The van der Waals surface area contributed by atoms with E-state index < -0.39 is 0 Å². The molecule has 3 rings (SSSR count). The fourth-order valence-electron chi connectivity index (χ4n) is 3.02. The van der Waals surface area contributed by atoms with Gasteiger partial charge in [0.15, 0.2) is 0 Å². The van der Waals surface area contributed by atoms with Crippen LogP contribution in [0, 0.1) is 11.8 Å². The van der Waals surface area contributed by atoms with E-state index in [1.54, 1.807) is 6.26 Å². The molecule has 2 heteroatoms. The van der Waals surface area contributed by atoms with Crippen molar-refractivity contribution in [2.24, 2.45) is 11.8 Å². The van der Waals surface area contributed by atoms with Crippen LogP contribution in [-0.2, 0) is 0 Å². The van der Waals surface area contributed by atoms with Gasteiger partial charge in [0.2, 0.25) is 0 Å². The molecule has 20 heavy (non-hydrogen) atoms. The van der Waals surface area contributed by atoms with E-state index in [4.69, 9.17) is 4.42 Å². The van der Waals surface area contributed by atoms with Gasteiger partial charge in [-0.2, -0.15) is 0 Å². The van der Waals surface area contributed by atoms with Crippen molar-refractivity contribution in [1.82, 2.24) is 5.32 Å². The van der Waals surface area contributed by atoms with E-state index in [0.29, 0.717) is 6.04 Å². The minimum atomic E-state index is 0.171. The van der Waals surface area contributed by atoms with Crippen LogP contribution in [0.2, 0.25) is 0 Å². The summed E-state index contributed by atoms with van der Waals surface area (Å²) in [6, 6.07) is 15.4. The van der Waals surface area contributed by atoms with Crippen LogP contribution in [0.1, 0.15) is 44.1 Å². The molecule has 106 valence electrons. The lowest BCUT2D eigenvalue weighted by molar-refractivity contribution is 0.158. The van der Waals surface area contributed by atoms with E-state index in [2.05, 4.69) is 55.6 Å². The molecule has 0 amide bonds. The largest absolute Gasteiger partial charge is 0.467 e. The SMILES string of the molecule is CC(C)C1CC(NC(c2ccccc2)c2ccco2)C1. The van der Waals surface area contributed by atoms with Gasteiger partial charge >= 0.3 is 0 Å². The van der Waals surface area contributed by atoms with E-state index in [1.165, 1.54) is 18.4 Å². The van der Waals surface area contributed by atoms with Gasteiger partial charge in [-0.05, 0) is 42.4 Å². The summed E-state index contributed by atoms with van der Waals surface area (Å²) in [5.41, 5.74) is 1.27. The Morgan fingerprint density at radius 2 is 1.80 bits per heavy atom. The van der Waals surface area contributed by atoms with Crippen molar-refractivity contribution in [2.45, 2.75) is 38.8 Å². The van der Waals surface area contributed by atoms with Gasteiger partial charge < -0.3 is 9.73 Å². The molecule has 0 bridgehead atoms. The van der Waals surface area contributed by atoms with Gasteiger partial charge in [0.1, 0.15) is 5.76 Å². The zero-order chi connectivity index (χ0) is 13.9. The number of benzene rings is 1. The first kappa shape index (κ1) is 13.4. The van der Waals surface area contributed by atoms with Crippen molar-refractivity contribution in [3.05, 3.63) is 60.1 Å². The maximum absolute atomic E-state index is 5.63. The van der Waals surface area contributed by atoms with Crippen LogP contribution in [0.15, 0.2) is 53.1 Å². The Labute approximate surface area is 121 Å². The summed E-state index contributed by atoms with van der Waals surface area (Å²) in [4.78, 5) is 0. The Balaban J connectivity index is 1.72. The van der Waals surface area contributed by atoms with Gasteiger partial charge in [-0.15, -0.1) is 0 Å². The number of hydrogen-bond donors (Lipinski definition) is 1. The molecule has 1 saturated carbocycles.